The van der Waals surface area contributed by atoms with E-state index in [1.165, 1.54) is 36.6 Å². The van der Waals surface area contributed by atoms with Crippen LogP contribution in [-0.2, 0) is 15.8 Å². The molecule has 1 aliphatic heterocycles. The Hall–Kier alpha value is -3.59. The van der Waals surface area contributed by atoms with Crippen molar-refractivity contribution in [1.82, 2.24) is 0 Å². The molecule has 1 unspecified atom stereocenters. The number of ether oxygens (including phenoxy) is 1. The van der Waals surface area contributed by atoms with Crippen LogP contribution in [0.4, 0.5) is 18.9 Å². The van der Waals surface area contributed by atoms with Crippen molar-refractivity contribution in [2.75, 3.05) is 12.0 Å². The average Bonchev–Trinajstić information content (AvgIpc) is 3.33. The molecule has 3 aromatic rings. The SMILES string of the molecule is COc1cccc(/C(O)=C2/C(=O)C(=O)N(c3cccc(C(F)(F)F)c3)C2c2sccc2C)c1. The highest BCUT2D eigenvalue weighted by Gasteiger charge is 2.48. The van der Waals surface area contributed by atoms with Crippen LogP contribution >= 0.6 is 11.3 Å². The molecular formula is C24H18F3NO4S. The lowest BCUT2D eigenvalue weighted by Crippen LogP contribution is -2.29. The molecule has 33 heavy (non-hydrogen) atoms. The minimum absolute atomic E-state index is 0.0885. The number of aliphatic hydroxyl groups excluding tert-OH is 1. The van der Waals surface area contributed by atoms with Gasteiger partial charge in [-0.3, -0.25) is 14.5 Å². The van der Waals surface area contributed by atoms with Gasteiger partial charge in [-0.15, -0.1) is 11.3 Å². The van der Waals surface area contributed by atoms with Crippen LogP contribution in [0.3, 0.4) is 0 Å². The number of halogens is 3. The normalized spacial score (nSPS) is 18.1. The van der Waals surface area contributed by atoms with Gasteiger partial charge in [-0.2, -0.15) is 13.2 Å². The van der Waals surface area contributed by atoms with Crippen LogP contribution in [0.5, 0.6) is 5.75 Å². The number of anilines is 1. The van der Waals surface area contributed by atoms with E-state index >= 15 is 0 Å². The first-order chi connectivity index (χ1) is 15.6. The highest BCUT2D eigenvalue weighted by atomic mass is 32.1. The van der Waals surface area contributed by atoms with Crippen molar-refractivity contribution in [1.29, 1.82) is 0 Å². The van der Waals surface area contributed by atoms with Crippen LogP contribution in [0.2, 0.25) is 0 Å². The van der Waals surface area contributed by atoms with Gasteiger partial charge in [0.25, 0.3) is 11.7 Å². The molecule has 4 rings (SSSR count). The lowest BCUT2D eigenvalue weighted by molar-refractivity contribution is -0.137. The van der Waals surface area contributed by atoms with Gasteiger partial charge in [0.2, 0.25) is 0 Å². The number of aliphatic hydroxyl groups is 1. The van der Waals surface area contributed by atoms with Crippen LogP contribution < -0.4 is 9.64 Å². The maximum absolute atomic E-state index is 13.3. The number of nitrogens with zero attached hydrogens (tertiary/aromatic N) is 1. The highest BCUT2D eigenvalue weighted by Crippen LogP contribution is 2.45. The molecule has 0 saturated carbocycles. The molecule has 170 valence electrons. The maximum Gasteiger partial charge on any atom is 0.416 e. The Morgan fingerprint density at radius 3 is 2.45 bits per heavy atom. The van der Waals surface area contributed by atoms with E-state index in [2.05, 4.69) is 0 Å². The van der Waals surface area contributed by atoms with E-state index in [0.717, 1.165) is 22.6 Å². The van der Waals surface area contributed by atoms with Gasteiger partial charge in [-0.05, 0) is 54.3 Å². The van der Waals surface area contributed by atoms with Crippen molar-refractivity contribution < 1.29 is 32.6 Å². The number of hydrogen-bond donors (Lipinski definition) is 1. The summed E-state index contributed by atoms with van der Waals surface area (Å²) in [7, 11) is 1.45. The third kappa shape index (κ3) is 4.00. The maximum atomic E-state index is 13.3. The lowest BCUT2D eigenvalue weighted by atomic mass is 9.98. The summed E-state index contributed by atoms with van der Waals surface area (Å²) in [6, 6.07) is 11.2. The Morgan fingerprint density at radius 1 is 1.09 bits per heavy atom. The smallest absolute Gasteiger partial charge is 0.416 e. The highest BCUT2D eigenvalue weighted by molar-refractivity contribution is 7.10. The number of aryl methyl sites for hydroxylation is 1. The number of benzene rings is 2. The van der Waals surface area contributed by atoms with Crippen LogP contribution in [0.15, 0.2) is 65.6 Å². The number of rotatable bonds is 4. The first-order valence-electron chi connectivity index (χ1n) is 9.80. The molecule has 1 saturated heterocycles. The standard InChI is InChI=1S/C24H18F3NO4S/c1-13-9-10-33-22(13)19-18(20(29)14-5-3-8-17(11-14)32-2)21(30)23(31)28(19)16-7-4-6-15(12-16)24(25,26)27/h3-12,19,29H,1-2H3/b20-18-. The summed E-state index contributed by atoms with van der Waals surface area (Å²) >= 11 is 1.24. The van der Waals surface area contributed by atoms with Crippen molar-refractivity contribution in [2.45, 2.75) is 19.1 Å². The van der Waals surface area contributed by atoms with Gasteiger partial charge in [-0.1, -0.05) is 18.2 Å². The fourth-order valence-corrected chi connectivity index (χ4v) is 4.79. The molecule has 1 fully saturated rings. The van der Waals surface area contributed by atoms with Crippen LogP contribution in [-0.4, -0.2) is 23.9 Å². The number of hydrogen-bond acceptors (Lipinski definition) is 5. The Labute approximate surface area is 191 Å². The number of alkyl halides is 3. The van der Waals surface area contributed by atoms with E-state index < -0.39 is 35.2 Å². The number of thiophene rings is 1. The van der Waals surface area contributed by atoms with E-state index in [-0.39, 0.29) is 16.8 Å². The average molecular weight is 473 g/mol. The molecular weight excluding hydrogens is 455 g/mol. The third-order valence-electron chi connectivity index (χ3n) is 5.39. The molecule has 1 atom stereocenters. The molecule has 1 aliphatic rings. The molecule has 1 aromatic heterocycles. The summed E-state index contributed by atoms with van der Waals surface area (Å²) in [6.45, 7) is 1.77. The van der Waals surface area contributed by atoms with Crippen molar-refractivity contribution >= 4 is 34.5 Å². The number of amides is 1. The van der Waals surface area contributed by atoms with E-state index in [1.54, 1.807) is 36.6 Å². The topological polar surface area (TPSA) is 66.8 Å². The number of ketones is 1. The van der Waals surface area contributed by atoms with E-state index in [1.807, 2.05) is 0 Å². The summed E-state index contributed by atoms with van der Waals surface area (Å²) < 4.78 is 45.2. The van der Waals surface area contributed by atoms with E-state index in [4.69, 9.17) is 4.74 Å². The molecule has 0 aliphatic carbocycles. The Kier molecular flexibility index (Phi) is 5.75. The molecule has 1 N–H and O–H groups in total. The number of Topliss-reactive ketones (excluding diaryl/α,β-unsaturated/α-hetero) is 1. The molecule has 5 nitrogen and oxygen atoms in total. The van der Waals surface area contributed by atoms with Gasteiger partial charge in [0.05, 0.1) is 18.2 Å². The Morgan fingerprint density at radius 2 is 1.82 bits per heavy atom. The Bertz CT molecular complexity index is 1280. The molecule has 2 heterocycles. The lowest BCUT2D eigenvalue weighted by Gasteiger charge is -2.25. The van der Waals surface area contributed by atoms with Gasteiger partial charge in [0.1, 0.15) is 17.6 Å². The molecule has 9 heteroatoms. The fraction of sp³-hybridized carbons (Fsp3) is 0.167. The predicted octanol–water partition coefficient (Wildman–Crippen LogP) is 5.71. The quantitative estimate of drug-likeness (QED) is 0.299. The Balaban J connectivity index is 1.95. The first kappa shape index (κ1) is 22.6. The third-order valence-corrected chi connectivity index (χ3v) is 6.46. The molecule has 1 amide bonds. The van der Waals surface area contributed by atoms with Crippen molar-refractivity contribution in [3.8, 4) is 5.75 Å². The van der Waals surface area contributed by atoms with Gasteiger partial charge >= 0.3 is 6.18 Å². The number of methoxy groups -OCH3 is 1. The predicted molar refractivity (Wildman–Crippen MR) is 118 cm³/mol. The van der Waals surface area contributed by atoms with E-state index in [9.17, 15) is 27.9 Å². The number of carbonyl (C=O) groups is 2. The summed E-state index contributed by atoms with van der Waals surface area (Å²) in [6.07, 6.45) is -4.63. The second-order valence-corrected chi connectivity index (χ2v) is 8.36. The van der Waals surface area contributed by atoms with E-state index in [0.29, 0.717) is 10.6 Å². The van der Waals surface area contributed by atoms with Crippen molar-refractivity contribution in [2.24, 2.45) is 0 Å². The van der Waals surface area contributed by atoms with Crippen molar-refractivity contribution in [3.63, 3.8) is 0 Å². The summed E-state index contributed by atoms with van der Waals surface area (Å²) in [4.78, 5) is 27.8. The summed E-state index contributed by atoms with van der Waals surface area (Å²) in [5, 5.41) is 12.8. The van der Waals surface area contributed by atoms with Crippen LogP contribution in [0.1, 0.15) is 27.6 Å². The molecule has 0 bridgehead atoms. The summed E-state index contributed by atoms with van der Waals surface area (Å²) in [5.41, 5.74) is -0.252. The van der Waals surface area contributed by atoms with Gasteiger partial charge in [0.15, 0.2) is 0 Å². The van der Waals surface area contributed by atoms with Gasteiger partial charge in [-0.25, -0.2) is 0 Å². The second-order valence-electron chi connectivity index (χ2n) is 7.42. The van der Waals surface area contributed by atoms with Gasteiger partial charge < -0.3 is 9.84 Å². The second kappa shape index (κ2) is 8.40. The zero-order valence-corrected chi connectivity index (χ0v) is 18.3. The fourth-order valence-electron chi connectivity index (χ4n) is 3.77. The zero-order chi connectivity index (χ0) is 23.9. The first-order valence-corrected chi connectivity index (χ1v) is 10.7. The summed E-state index contributed by atoms with van der Waals surface area (Å²) in [5.74, 6) is -2.00. The largest absolute Gasteiger partial charge is 0.507 e. The minimum atomic E-state index is -4.63. The van der Waals surface area contributed by atoms with Gasteiger partial charge in [0, 0.05) is 16.1 Å². The van der Waals surface area contributed by atoms with Crippen LogP contribution in [0.25, 0.3) is 5.76 Å². The minimum Gasteiger partial charge on any atom is -0.507 e. The molecule has 2 aromatic carbocycles. The van der Waals surface area contributed by atoms with Crippen molar-refractivity contribution in [3.05, 3.63) is 87.1 Å². The number of carbonyl (C=O) groups excluding carboxylic acids is 2. The molecule has 0 spiro atoms. The monoisotopic (exact) mass is 473 g/mol. The zero-order valence-electron chi connectivity index (χ0n) is 17.5. The molecule has 0 radical (unpaired) electrons. The van der Waals surface area contributed by atoms with Crippen LogP contribution in [0, 0.1) is 6.92 Å².